The molecule has 4 rings (SSSR count). The third-order valence-corrected chi connectivity index (χ3v) is 5.34. The van der Waals surface area contributed by atoms with Gasteiger partial charge in [-0.3, -0.25) is 9.59 Å². The Morgan fingerprint density at radius 1 is 0.893 bits per heavy atom. The second-order valence-corrected chi connectivity index (χ2v) is 7.57. The van der Waals surface area contributed by atoms with E-state index in [-0.39, 0.29) is 16.0 Å². The molecule has 0 saturated heterocycles. The van der Waals surface area contributed by atoms with E-state index in [0.29, 0.717) is 37.7 Å². The Labute approximate surface area is 174 Å². The number of hydrogen-bond acceptors (Lipinski definition) is 3. The summed E-state index contributed by atoms with van der Waals surface area (Å²) in [7, 11) is 0. The molecule has 1 heterocycles. The van der Waals surface area contributed by atoms with Crippen molar-refractivity contribution in [3.63, 3.8) is 0 Å². The van der Waals surface area contributed by atoms with Crippen LogP contribution in [0, 0.1) is 6.92 Å². The van der Waals surface area contributed by atoms with Gasteiger partial charge in [0.15, 0.2) is 0 Å². The molecular formula is C21H12Cl3NO3. The fraction of sp³-hybridized carbons (Fsp3) is 0.0476. The lowest BCUT2D eigenvalue weighted by Gasteiger charge is -2.09. The van der Waals surface area contributed by atoms with E-state index < -0.39 is 5.91 Å². The van der Waals surface area contributed by atoms with Gasteiger partial charge in [-0.2, -0.15) is 0 Å². The first-order chi connectivity index (χ1) is 13.3. The van der Waals surface area contributed by atoms with Gasteiger partial charge in [0, 0.05) is 21.8 Å². The number of anilines is 1. The molecule has 0 spiro atoms. The Kier molecular flexibility index (Phi) is 4.79. The van der Waals surface area contributed by atoms with Crippen LogP contribution in [0.15, 0.2) is 57.7 Å². The van der Waals surface area contributed by atoms with Crippen LogP contribution in [0.4, 0.5) is 5.69 Å². The van der Waals surface area contributed by atoms with Gasteiger partial charge in [-0.15, -0.1) is 0 Å². The third kappa shape index (κ3) is 3.35. The summed E-state index contributed by atoms with van der Waals surface area (Å²) in [6.45, 7) is 1.83. The number of aryl methyl sites for hydroxylation is 1. The van der Waals surface area contributed by atoms with Crippen LogP contribution in [0.2, 0.25) is 15.1 Å². The van der Waals surface area contributed by atoms with E-state index in [4.69, 9.17) is 39.2 Å². The van der Waals surface area contributed by atoms with Gasteiger partial charge in [0.1, 0.15) is 11.2 Å². The zero-order valence-corrected chi connectivity index (χ0v) is 16.7. The number of hydrogen-bond donors (Lipinski definition) is 1. The van der Waals surface area contributed by atoms with E-state index in [0.717, 1.165) is 5.56 Å². The molecule has 1 aromatic heterocycles. The number of benzene rings is 3. The molecule has 7 heteroatoms. The monoisotopic (exact) mass is 431 g/mol. The lowest BCUT2D eigenvalue weighted by atomic mass is 10.1. The van der Waals surface area contributed by atoms with Crippen LogP contribution in [0.5, 0.6) is 0 Å². The molecule has 0 radical (unpaired) electrons. The highest BCUT2D eigenvalue weighted by molar-refractivity contribution is 6.37. The number of amides is 1. The van der Waals surface area contributed by atoms with Gasteiger partial charge in [-0.1, -0.05) is 34.8 Å². The van der Waals surface area contributed by atoms with E-state index in [1.54, 1.807) is 42.5 Å². The second-order valence-electron chi connectivity index (χ2n) is 6.32. The maximum Gasteiger partial charge on any atom is 0.257 e. The van der Waals surface area contributed by atoms with Gasteiger partial charge in [-0.25, -0.2) is 0 Å². The van der Waals surface area contributed by atoms with E-state index in [1.807, 2.05) is 6.92 Å². The van der Waals surface area contributed by atoms with Crippen LogP contribution in [0.3, 0.4) is 0 Å². The molecule has 1 N–H and O–H groups in total. The van der Waals surface area contributed by atoms with Crippen molar-refractivity contribution >= 4 is 68.3 Å². The van der Waals surface area contributed by atoms with Crippen molar-refractivity contribution in [1.29, 1.82) is 0 Å². The molecule has 28 heavy (non-hydrogen) atoms. The predicted octanol–water partition coefficient (Wildman–Crippen LogP) is 6.47. The first-order valence-corrected chi connectivity index (χ1v) is 9.40. The molecule has 140 valence electrons. The third-order valence-electron chi connectivity index (χ3n) is 4.39. The van der Waals surface area contributed by atoms with E-state index in [2.05, 4.69) is 5.32 Å². The normalized spacial score (nSPS) is 11.1. The summed E-state index contributed by atoms with van der Waals surface area (Å²) in [6, 6.07) is 12.8. The predicted molar refractivity (Wildman–Crippen MR) is 114 cm³/mol. The SMILES string of the molecule is Cc1cc2oc3cc(NC(=O)c4ccc(Cl)cc4Cl)ccc3c(=O)c2cc1Cl. The van der Waals surface area contributed by atoms with Gasteiger partial charge in [0.05, 0.1) is 21.4 Å². The Balaban J connectivity index is 1.77. The van der Waals surface area contributed by atoms with Crippen molar-refractivity contribution in [2.75, 3.05) is 5.32 Å². The minimum absolute atomic E-state index is 0.184. The molecule has 0 fully saturated rings. The summed E-state index contributed by atoms with van der Waals surface area (Å²) in [5.74, 6) is -0.397. The van der Waals surface area contributed by atoms with Gasteiger partial charge in [0.25, 0.3) is 5.91 Å². The summed E-state index contributed by atoms with van der Waals surface area (Å²) in [5.41, 5.74) is 2.17. The molecule has 1 amide bonds. The first-order valence-electron chi connectivity index (χ1n) is 8.26. The minimum Gasteiger partial charge on any atom is -0.456 e. The molecule has 4 aromatic rings. The lowest BCUT2D eigenvalue weighted by molar-refractivity contribution is 0.102. The van der Waals surface area contributed by atoms with Crippen LogP contribution >= 0.6 is 34.8 Å². The fourth-order valence-corrected chi connectivity index (χ4v) is 3.58. The van der Waals surface area contributed by atoms with Crippen molar-refractivity contribution in [2.45, 2.75) is 6.92 Å². The topological polar surface area (TPSA) is 59.3 Å². The lowest BCUT2D eigenvalue weighted by Crippen LogP contribution is -2.12. The molecule has 0 aliphatic carbocycles. The summed E-state index contributed by atoms with van der Waals surface area (Å²) in [4.78, 5) is 25.2. The van der Waals surface area contributed by atoms with Crippen molar-refractivity contribution in [3.05, 3.63) is 84.9 Å². The summed E-state index contributed by atoms with van der Waals surface area (Å²) >= 11 is 18.1. The zero-order chi connectivity index (χ0) is 20.0. The molecular weight excluding hydrogens is 421 g/mol. The highest BCUT2D eigenvalue weighted by atomic mass is 35.5. The van der Waals surface area contributed by atoms with Crippen molar-refractivity contribution in [3.8, 4) is 0 Å². The van der Waals surface area contributed by atoms with Crippen LogP contribution in [-0.4, -0.2) is 5.91 Å². The first kappa shape index (κ1) is 18.8. The Morgan fingerprint density at radius 2 is 1.64 bits per heavy atom. The van der Waals surface area contributed by atoms with Gasteiger partial charge >= 0.3 is 0 Å². The molecule has 0 aliphatic rings. The van der Waals surface area contributed by atoms with E-state index in [9.17, 15) is 9.59 Å². The minimum atomic E-state index is -0.397. The van der Waals surface area contributed by atoms with Crippen LogP contribution in [-0.2, 0) is 0 Å². The number of halogens is 3. The maximum atomic E-state index is 12.7. The quantitative estimate of drug-likeness (QED) is 0.369. The molecule has 0 bridgehead atoms. The highest BCUT2D eigenvalue weighted by Gasteiger charge is 2.14. The van der Waals surface area contributed by atoms with E-state index >= 15 is 0 Å². The average molecular weight is 433 g/mol. The molecule has 0 aliphatic heterocycles. The van der Waals surface area contributed by atoms with Crippen molar-refractivity contribution in [2.24, 2.45) is 0 Å². The molecule has 0 saturated carbocycles. The van der Waals surface area contributed by atoms with Crippen LogP contribution < -0.4 is 10.7 Å². The summed E-state index contributed by atoms with van der Waals surface area (Å²) in [5, 5.41) is 4.75. The second kappa shape index (κ2) is 7.13. The summed E-state index contributed by atoms with van der Waals surface area (Å²) < 4.78 is 5.88. The Bertz CT molecular complexity index is 1330. The maximum absolute atomic E-state index is 12.7. The van der Waals surface area contributed by atoms with Crippen molar-refractivity contribution < 1.29 is 9.21 Å². The van der Waals surface area contributed by atoms with Crippen LogP contribution in [0.25, 0.3) is 21.9 Å². The van der Waals surface area contributed by atoms with Gasteiger partial charge < -0.3 is 9.73 Å². The average Bonchev–Trinajstić information content (AvgIpc) is 2.63. The number of nitrogens with one attached hydrogen (secondary N) is 1. The number of carbonyl (C=O) groups is 1. The number of carbonyl (C=O) groups excluding carboxylic acids is 1. The zero-order valence-electron chi connectivity index (χ0n) is 14.5. The molecule has 0 atom stereocenters. The van der Waals surface area contributed by atoms with E-state index in [1.165, 1.54) is 6.07 Å². The molecule has 3 aromatic carbocycles. The molecule has 4 nitrogen and oxygen atoms in total. The largest absolute Gasteiger partial charge is 0.456 e. The fourth-order valence-electron chi connectivity index (χ4n) is 2.92. The van der Waals surface area contributed by atoms with Gasteiger partial charge in [-0.05, 0) is 55.0 Å². The van der Waals surface area contributed by atoms with Crippen LogP contribution in [0.1, 0.15) is 15.9 Å². The Hall–Kier alpha value is -2.53. The standard InChI is InChI=1S/C21H12Cl3NO3/c1-10-6-18-15(9-16(10)23)20(26)14-5-3-12(8-19(14)28-18)25-21(27)13-4-2-11(22)7-17(13)24/h2-9H,1H3,(H,25,27). The number of rotatable bonds is 2. The van der Waals surface area contributed by atoms with Crippen molar-refractivity contribution in [1.82, 2.24) is 0 Å². The smallest absolute Gasteiger partial charge is 0.257 e. The summed E-state index contributed by atoms with van der Waals surface area (Å²) in [6.07, 6.45) is 0. The molecule has 0 unspecified atom stereocenters. The number of fused-ring (bicyclic) bond motifs is 2. The Morgan fingerprint density at radius 3 is 2.39 bits per heavy atom. The van der Waals surface area contributed by atoms with Gasteiger partial charge in [0.2, 0.25) is 5.43 Å². The highest BCUT2D eigenvalue weighted by Crippen LogP contribution is 2.27.